The number of halogens is 1. The molecule has 1 aromatic carbocycles. The van der Waals surface area contributed by atoms with E-state index in [1.807, 2.05) is 18.2 Å². The zero-order valence-corrected chi connectivity index (χ0v) is 12.1. The number of rotatable bonds is 2. The second kappa shape index (κ2) is 4.71. The summed E-state index contributed by atoms with van der Waals surface area (Å²) in [6.07, 6.45) is 6.55. The van der Waals surface area contributed by atoms with Crippen LogP contribution >= 0.6 is 11.6 Å². The number of imidazole rings is 1. The fraction of sp³-hybridized carbons (Fsp3) is 0.533. The van der Waals surface area contributed by atoms with Gasteiger partial charge in [0.2, 0.25) is 5.95 Å². The fourth-order valence-corrected chi connectivity index (χ4v) is 3.39. The molecule has 0 unspecified atom stereocenters. The standard InChI is InChI=1S/C15H20ClN3/c1-15(7-3-2-4-8-15)10-19-13-9-11(16)5-6-12(13)18-14(19)17/h5-6,9H,2-4,7-8,10H2,1H3,(H2,17,18). The van der Waals surface area contributed by atoms with Gasteiger partial charge in [-0.25, -0.2) is 4.98 Å². The zero-order valence-electron chi connectivity index (χ0n) is 11.3. The summed E-state index contributed by atoms with van der Waals surface area (Å²) in [5.41, 5.74) is 8.41. The summed E-state index contributed by atoms with van der Waals surface area (Å²) in [5, 5.41) is 0.738. The van der Waals surface area contributed by atoms with Gasteiger partial charge in [-0.2, -0.15) is 0 Å². The number of benzene rings is 1. The molecule has 2 aromatic rings. The molecule has 1 aliphatic rings. The van der Waals surface area contributed by atoms with Gasteiger partial charge in [0.1, 0.15) is 0 Å². The molecule has 1 aromatic heterocycles. The minimum atomic E-state index is 0.336. The van der Waals surface area contributed by atoms with Crippen LogP contribution in [0.3, 0.4) is 0 Å². The lowest BCUT2D eigenvalue weighted by atomic mass is 9.75. The van der Waals surface area contributed by atoms with E-state index in [0.717, 1.165) is 22.6 Å². The molecular formula is C15H20ClN3. The van der Waals surface area contributed by atoms with Gasteiger partial charge in [0.25, 0.3) is 0 Å². The molecule has 0 aliphatic heterocycles. The van der Waals surface area contributed by atoms with E-state index in [0.29, 0.717) is 11.4 Å². The van der Waals surface area contributed by atoms with Crippen molar-refractivity contribution in [2.24, 2.45) is 5.41 Å². The average Bonchev–Trinajstić information content (AvgIpc) is 2.67. The number of fused-ring (bicyclic) bond motifs is 1. The number of anilines is 1. The molecule has 102 valence electrons. The molecule has 2 N–H and O–H groups in total. The molecule has 0 saturated heterocycles. The number of nitrogens with zero attached hydrogens (tertiary/aromatic N) is 2. The molecule has 0 spiro atoms. The third-order valence-corrected chi connectivity index (χ3v) is 4.58. The quantitative estimate of drug-likeness (QED) is 0.892. The first-order valence-electron chi connectivity index (χ1n) is 6.99. The van der Waals surface area contributed by atoms with E-state index in [2.05, 4.69) is 16.5 Å². The number of nitrogens with two attached hydrogens (primary N) is 1. The molecule has 0 amide bonds. The Bertz CT molecular complexity index is 597. The Hall–Kier alpha value is -1.22. The van der Waals surface area contributed by atoms with Crippen molar-refractivity contribution < 1.29 is 0 Å². The third-order valence-electron chi connectivity index (χ3n) is 4.34. The topological polar surface area (TPSA) is 43.8 Å². The number of aromatic nitrogens is 2. The second-order valence-electron chi connectivity index (χ2n) is 6.06. The molecule has 19 heavy (non-hydrogen) atoms. The Morgan fingerprint density at radius 1 is 1.32 bits per heavy atom. The van der Waals surface area contributed by atoms with Crippen molar-refractivity contribution in [3.63, 3.8) is 0 Å². The molecule has 1 heterocycles. The molecule has 0 atom stereocenters. The van der Waals surface area contributed by atoms with Gasteiger partial charge in [-0.15, -0.1) is 0 Å². The number of hydrogen-bond acceptors (Lipinski definition) is 2. The van der Waals surface area contributed by atoms with E-state index in [4.69, 9.17) is 17.3 Å². The van der Waals surface area contributed by atoms with Crippen molar-refractivity contribution in [2.45, 2.75) is 45.6 Å². The molecule has 3 rings (SSSR count). The first-order valence-corrected chi connectivity index (χ1v) is 7.36. The number of hydrogen-bond donors (Lipinski definition) is 1. The SMILES string of the molecule is CC1(Cn2c(N)nc3ccc(Cl)cc32)CCCCC1. The fourth-order valence-electron chi connectivity index (χ4n) is 3.23. The minimum absolute atomic E-state index is 0.336. The highest BCUT2D eigenvalue weighted by Gasteiger charge is 2.28. The van der Waals surface area contributed by atoms with E-state index in [1.165, 1.54) is 32.1 Å². The van der Waals surface area contributed by atoms with Crippen molar-refractivity contribution in [3.8, 4) is 0 Å². The summed E-state index contributed by atoms with van der Waals surface area (Å²) in [6.45, 7) is 3.30. The molecule has 1 saturated carbocycles. The van der Waals surface area contributed by atoms with Gasteiger partial charge in [0.05, 0.1) is 11.0 Å². The first kappa shape index (κ1) is 12.8. The normalized spacial score (nSPS) is 18.8. The molecule has 0 bridgehead atoms. The lowest BCUT2D eigenvalue weighted by molar-refractivity contribution is 0.186. The van der Waals surface area contributed by atoms with E-state index >= 15 is 0 Å². The van der Waals surface area contributed by atoms with Crippen molar-refractivity contribution >= 4 is 28.6 Å². The highest BCUT2D eigenvalue weighted by Crippen LogP contribution is 2.38. The van der Waals surface area contributed by atoms with E-state index in [9.17, 15) is 0 Å². The predicted octanol–water partition coefficient (Wildman–Crippen LogP) is 4.24. The molecule has 3 nitrogen and oxygen atoms in total. The third kappa shape index (κ3) is 2.44. The first-order chi connectivity index (χ1) is 9.07. The Kier molecular flexibility index (Phi) is 3.17. The lowest BCUT2D eigenvalue weighted by Gasteiger charge is -2.34. The van der Waals surface area contributed by atoms with Gasteiger partial charge in [-0.3, -0.25) is 0 Å². The van der Waals surface area contributed by atoms with Crippen molar-refractivity contribution in [1.82, 2.24) is 9.55 Å². The van der Waals surface area contributed by atoms with Crippen LogP contribution in [0.25, 0.3) is 11.0 Å². The minimum Gasteiger partial charge on any atom is -0.369 e. The molecule has 1 aliphatic carbocycles. The van der Waals surface area contributed by atoms with Crippen LogP contribution in [0, 0.1) is 5.41 Å². The van der Waals surface area contributed by atoms with Crippen LogP contribution < -0.4 is 5.73 Å². The molecule has 4 heteroatoms. The Morgan fingerprint density at radius 2 is 2.05 bits per heavy atom. The van der Waals surface area contributed by atoms with Crippen molar-refractivity contribution in [2.75, 3.05) is 5.73 Å². The molecular weight excluding hydrogens is 258 g/mol. The van der Waals surface area contributed by atoms with Crippen molar-refractivity contribution in [3.05, 3.63) is 23.2 Å². The van der Waals surface area contributed by atoms with Crippen LogP contribution in [0.1, 0.15) is 39.0 Å². The highest BCUT2D eigenvalue weighted by molar-refractivity contribution is 6.31. The van der Waals surface area contributed by atoms with E-state index < -0.39 is 0 Å². The molecule has 0 radical (unpaired) electrons. The summed E-state index contributed by atoms with van der Waals surface area (Å²) in [5.74, 6) is 0.601. The summed E-state index contributed by atoms with van der Waals surface area (Å²) < 4.78 is 2.13. The maximum Gasteiger partial charge on any atom is 0.201 e. The van der Waals surface area contributed by atoms with Gasteiger partial charge in [-0.05, 0) is 36.5 Å². The maximum atomic E-state index is 6.10. The van der Waals surface area contributed by atoms with Crippen molar-refractivity contribution in [1.29, 1.82) is 0 Å². The lowest BCUT2D eigenvalue weighted by Crippen LogP contribution is -2.26. The monoisotopic (exact) mass is 277 g/mol. The van der Waals surface area contributed by atoms with E-state index in [1.54, 1.807) is 0 Å². The van der Waals surface area contributed by atoms with Crippen LogP contribution in [0.15, 0.2) is 18.2 Å². The van der Waals surface area contributed by atoms with Gasteiger partial charge >= 0.3 is 0 Å². The highest BCUT2D eigenvalue weighted by atomic mass is 35.5. The summed E-state index contributed by atoms with van der Waals surface area (Å²) in [6, 6.07) is 5.77. The second-order valence-corrected chi connectivity index (χ2v) is 6.50. The predicted molar refractivity (Wildman–Crippen MR) is 80.3 cm³/mol. The average molecular weight is 278 g/mol. The van der Waals surface area contributed by atoms with Crippen LogP contribution in [0.4, 0.5) is 5.95 Å². The van der Waals surface area contributed by atoms with Crippen LogP contribution in [0.5, 0.6) is 0 Å². The zero-order chi connectivity index (χ0) is 13.5. The maximum absolute atomic E-state index is 6.10. The van der Waals surface area contributed by atoms with Crippen LogP contribution in [-0.4, -0.2) is 9.55 Å². The smallest absolute Gasteiger partial charge is 0.201 e. The van der Waals surface area contributed by atoms with Gasteiger partial charge < -0.3 is 10.3 Å². The van der Waals surface area contributed by atoms with Crippen LogP contribution in [0.2, 0.25) is 5.02 Å². The number of nitrogen functional groups attached to an aromatic ring is 1. The Morgan fingerprint density at radius 3 is 2.79 bits per heavy atom. The Labute approximate surface area is 118 Å². The summed E-state index contributed by atoms with van der Waals surface area (Å²) in [4.78, 5) is 4.43. The summed E-state index contributed by atoms with van der Waals surface area (Å²) in [7, 11) is 0. The van der Waals surface area contributed by atoms with Gasteiger partial charge in [-0.1, -0.05) is 37.8 Å². The van der Waals surface area contributed by atoms with E-state index in [-0.39, 0.29) is 0 Å². The van der Waals surface area contributed by atoms with Gasteiger partial charge in [0.15, 0.2) is 0 Å². The largest absolute Gasteiger partial charge is 0.369 e. The summed E-state index contributed by atoms with van der Waals surface area (Å²) >= 11 is 6.10. The Balaban J connectivity index is 1.99. The van der Waals surface area contributed by atoms with Crippen LogP contribution in [-0.2, 0) is 6.54 Å². The van der Waals surface area contributed by atoms with Gasteiger partial charge in [0, 0.05) is 11.6 Å². The molecule has 1 fully saturated rings.